The zero-order valence-corrected chi connectivity index (χ0v) is 9.96. The molecule has 0 saturated carbocycles. The van der Waals surface area contributed by atoms with Crippen LogP contribution in [-0.4, -0.2) is 36.8 Å². The monoisotopic (exact) mass is 235 g/mol. The van der Waals surface area contributed by atoms with Crippen LogP contribution in [0.4, 0.5) is 4.79 Å². The van der Waals surface area contributed by atoms with Crippen LogP contribution < -0.4 is 0 Å². The molecule has 1 amide bonds. The lowest BCUT2D eigenvalue weighted by Gasteiger charge is -2.19. The van der Waals surface area contributed by atoms with E-state index in [-0.39, 0.29) is 12.2 Å². The average Bonchev–Trinajstić information content (AvgIpc) is 3.18. The molecule has 1 unspecified atom stereocenters. The molecule has 1 aromatic carbocycles. The molecule has 1 heterocycles. The SMILES string of the molecule is CCN(CC1CO1)C(=O)OCc1ccccc1. The summed E-state index contributed by atoms with van der Waals surface area (Å²) in [6.07, 6.45) is -0.0638. The second kappa shape index (κ2) is 5.68. The third kappa shape index (κ3) is 3.75. The van der Waals surface area contributed by atoms with Crippen molar-refractivity contribution < 1.29 is 14.3 Å². The number of ether oxygens (including phenoxy) is 2. The van der Waals surface area contributed by atoms with Gasteiger partial charge in [0, 0.05) is 6.54 Å². The third-order valence-electron chi connectivity index (χ3n) is 2.67. The van der Waals surface area contributed by atoms with Gasteiger partial charge in [-0.3, -0.25) is 0 Å². The summed E-state index contributed by atoms with van der Waals surface area (Å²) in [4.78, 5) is 13.4. The van der Waals surface area contributed by atoms with Gasteiger partial charge in [0.1, 0.15) is 6.61 Å². The van der Waals surface area contributed by atoms with E-state index in [1.54, 1.807) is 4.90 Å². The Morgan fingerprint density at radius 1 is 1.47 bits per heavy atom. The van der Waals surface area contributed by atoms with E-state index in [2.05, 4.69) is 0 Å². The Bertz CT molecular complexity index is 362. The Kier molecular flexibility index (Phi) is 3.98. The molecular formula is C13H17NO3. The number of rotatable bonds is 5. The molecule has 0 radical (unpaired) electrons. The van der Waals surface area contributed by atoms with Crippen LogP contribution in [0.3, 0.4) is 0 Å². The summed E-state index contributed by atoms with van der Waals surface area (Å²) in [7, 11) is 0. The van der Waals surface area contributed by atoms with Crippen LogP contribution in [0.25, 0.3) is 0 Å². The molecule has 0 aromatic heterocycles. The largest absolute Gasteiger partial charge is 0.445 e. The van der Waals surface area contributed by atoms with Crippen molar-refractivity contribution >= 4 is 6.09 Å². The molecule has 1 aliphatic rings. The lowest BCUT2D eigenvalue weighted by atomic mass is 10.2. The first kappa shape index (κ1) is 11.9. The number of amides is 1. The number of hydrogen-bond donors (Lipinski definition) is 0. The van der Waals surface area contributed by atoms with Crippen molar-refractivity contribution in [1.82, 2.24) is 4.90 Å². The van der Waals surface area contributed by atoms with Gasteiger partial charge in [0.25, 0.3) is 0 Å². The van der Waals surface area contributed by atoms with Crippen LogP contribution in [0, 0.1) is 0 Å². The Hall–Kier alpha value is -1.55. The maximum atomic E-state index is 11.8. The molecule has 0 bridgehead atoms. The van der Waals surface area contributed by atoms with Gasteiger partial charge in [-0.05, 0) is 12.5 Å². The molecule has 2 rings (SSSR count). The quantitative estimate of drug-likeness (QED) is 0.733. The van der Waals surface area contributed by atoms with Gasteiger partial charge in [0.15, 0.2) is 0 Å². The molecule has 0 spiro atoms. The number of benzene rings is 1. The second-order valence-electron chi connectivity index (χ2n) is 4.03. The maximum absolute atomic E-state index is 11.8. The van der Waals surface area contributed by atoms with E-state index in [0.717, 1.165) is 12.2 Å². The van der Waals surface area contributed by atoms with Gasteiger partial charge < -0.3 is 14.4 Å². The summed E-state index contributed by atoms with van der Waals surface area (Å²) in [5, 5.41) is 0. The highest BCUT2D eigenvalue weighted by molar-refractivity contribution is 5.67. The third-order valence-corrected chi connectivity index (χ3v) is 2.67. The molecule has 1 aromatic rings. The van der Waals surface area contributed by atoms with Crippen molar-refractivity contribution in [1.29, 1.82) is 0 Å². The molecule has 1 aliphatic heterocycles. The van der Waals surface area contributed by atoms with E-state index < -0.39 is 0 Å². The van der Waals surface area contributed by atoms with Crippen LogP contribution in [0.1, 0.15) is 12.5 Å². The fourth-order valence-corrected chi connectivity index (χ4v) is 1.56. The molecule has 0 N–H and O–H groups in total. The van der Waals surface area contributed by atoms with E-state index in [1.807, 2.05) is 37.3 Å². The maximum Gasteiger partial charge on any atom is 0.410 e. The minimum absolute atomic E-state index is 0.208. The first-order valence-electron chi connectivity index (χ1n) is 5.87. The average molecular weight is 235 g/mol. The van der Waals surface area contributed by atoms with Crippen LogP contribution in [0.15, 0.2) is 30.3 Å². The minimum atomic E-state index is -0.271. The van der Waals surface area contributed by atoms with Crippen molar-refractivity contribution in [3.63, 3.8) is 0 Å². The van der Waals surface area contributed by atoms with Gasteiger partial charge in [-0.15, -0.1) is 0 Å². The molecule has 4 nitrogen and oxygen atoms in total. The summed E-state index contributed by atoms with van der Waals surface area (Å²) in [5.74, 6) is 0. The normalized spacial score (nSPS) is 17.6. The fourth-order valence-electron chi connectivity index (χ4n) is 1.56. The van der Waals surface area contributed by atoms with Gasteiger partial charge >= 0.3 is 6.09 Å². The number of carbonyl (C=O) groups excluding carboxylic acids is 1. The Labute approximate surface area is 101 Å². The number of carbonyl (C=O) groups is 1. The number of nitrogens with zero attached hydrogens (tertiary/aromatic N) is 1. The predicted octanol–water partition coefficient (Wildman–Crippen LogP) is 2.04. The van der Waals surface area contributed by atoms with Crippen molar-refractivity contribution in [2.45, 2.75) is 19.6 Å². The summed E-state index contributed by atoms with van der Waals surface area (Å²) < 4.78 is 10.3. The zero-order chi connectivity index (χ0) is 12.1. The number of likely N-dealkylation sites (N-methyl/N-ethyl adjacent to an activating group) is 1. The molecule has 4 heteroatoms. The summed E-state index contributed by atoms with van der Waals surface area (Å²) in [6, 6.07) is 9.67. The topological polar surface area (TPSA) is 42.1 Å². The van der Waals surface area contributed by atoms with Gasteiger partial charge in [0.05, 0.1) is 19.3 Å². The molecule has 1 fully saturated rings. The fraction of sp³-hybridized carbons (Fsp3) is 0.462. The molecule has 1 saturated heterocycles. The molecule has 17 heavy (non-hydrogen) atoms. The lowest BCUT2D eigenvalue weighted by molar-refractivity contribution is 0.0952. The minimum Gasteiger partial charge on any atom is -0.445 e. The van der Waals surface area contributed by atoms with Crippen molar-refractivity contribution in [3.05, 3.63) is 35.9 Å². The van der Waals surface area contributed by atoms with Crippen LogP contribution in [0.5, 0.6) is 0 Å². The highest BCUT2D eigenvalue weighted by Gasteiger charge is 2.27. The molecule has 92 valence electrons. The Balaban J connectivity index is 1.78. The van der Waals surface area contributed by atoms with Crippen molar-refractivity contribution in [2.24, 2.45) is 0 Å². The summed E-state index contributed by atoms with van der Waals surface area (Å²) in [5.41, 5.74) is 1.000. The zero-order valence-electron chi connectivity index (χ0n) is 9.96. The highest BCUT2D eigenvalue weighted by Crippen LogP contribution is 2.12. The van der Waals surface area contributed by atoms with Crippen LogP contribution in [0.2, 0.25) is 0 Å². The highest BCUT2D eigenvalue weighted by atomic mass is 16.6. The standard InChI is InChI=1S/C13H17NO3/c1-2-14(8-12-10-16-12)13(15)17-9-11-6-4-3-5-7-11/h3-7,12H,2,8-10H2,1H3. The van der Waals surface area contributed by atoms with Gasteiger partial charge in [-0.25, -0.2) is 4.79 Å². The summed E-state index contributed by atoms with van der Waals surface area (Å²) >= 11 is 0. The van der Waals surface area contributed by atoms with Crippen molar-refractivity contribution in [3.8, 4) is 0 Å². The Morgan fingerprint density at radius 3 is 2.76 bits per heavy atom. The number of hydrogen-bond acceptors (Lipinski definition) is 3. The lowest BCUT2D eigenvalue weighted by Crippen LogP contribution is -2.34. The van der Waals surface area contributed by atoms with E-state index >= 15 is 0 Å². The van der Waals surface area contributed by atoms with Gasteiger partial charge in [-0.1, -0.05) is 30.3 Å². The molecule has 1 atom stereocenters. The second-order valence-corrected chi connectivity index (χ2v) is 4.03. The van der Waals surface area contributed by atoms with E-state index in [1.165, 1.54) is 0 Å². The first-order chi connectivity index (χ1) is 8.29. The van der Waals surface area contributed by atoms with Crippen LogP contribution >= 0.6 is 0 Å². The number of epoxide rings is 1. The van der Waals surface area contributed by atoms with E-state index in [4.69, 9.17) is 9.47 Å². The Morgan fingerprint density at radius 2 is 2.18 bits per heavy atom. The first-order valence-corrected chi connectivity index (χ1v) is 5.87. The predicted molar refractivity (Wildman–Crippen MR) is 63.6 cm³/mol. The van der Waals surface area contributed by atoms with Gasteiger partial charge in [-0.2, -0.15) is 0 Å². The molecule has 0 aliphatic carbocycles. The smallest absolute Gasteiger partial charge is 0.410 e. The summed E-state index contributed by atoms with van der Waals surface area (Å²) in [6.45, 7) is 4.29. The van der Waals surface area contributed by atoms with E-state index in [0.29, 0.717) is 19.7 Å². The van der Waals surface area contributed by atoms with E-state index in [9.17, 15) is 4.79 Å². The molecular weight excluding hydrogens is 218 g/mol. The van der Waals surface area contributed by atoms with Crippen molar-refractivity contribution in [2.75, 3.05) is 19.7 Å². The van der Waals surface area contributed by atoms with Gasteiger partial charge in [0.2, 0.25) is 0 Å². The van der Waals surface area contributed by atoms with Crippen LogP contribution in [-0.2, 0) is 16.1 Å².